The van der Waals surface area contributed by atoms with Crippen LogP contribution in [0.4, 0.5) is 11.4 Å². The number of halogens is 1. The fraction of sp³-hybridized carbons (Fsp3) is 0.364. The van der Waals surface area contributed by atoms with E-state index < -0.39 is 25.1 Å². The minimum atomic E-state index is -3.84. The van der Waals surface area contributed by atoms with Gasteiger partial charge in [0, 0.05) is 35.8 Å². The van der Waals surface area contributed by atoms with Crippen LogP contribution in [0, 0.1) is 17.0 Å². The molecule has 1 aliphatic heterocycles. The molecule has 0 aliphatic carbocycles. The SMILES string of the molecule is Cc1ccc([N+](=O)[O-])cc1N1CC(S(=O)(=O)Cl)CC1=O. The van der Waals surface area contributed by atoms with Gasteiger partial charge in [0.25, 0.3) is 5.69 Å². The lowest BCUT2D eigenvalue weighted by Crippen LogP contribution is -2.27. The Morgan fingerprint density at radius 1 is 1.45 bits per heavy atom. The molecule has 0 bridgehead atoms. The first-order chi connectivity index (χ1) is 9.20. The molecule has 1 saturated heterocycles. The summed E-state index contributed by atoms with van der Waals surface area (Å²) < 4.78 is 22.6. The van der Waals surface area contributed by atoms with Crippen molar-refractivity contribution in [3.63, 3.8) is 0 Å². The third kappa shape index (κ3) is 2.75. The number of aryl methyl sites for hydroxylation is 1. The van der Waals surface area contributed by atoms with E-state index in [4.69, 9.17) is 10.7 Å². The zero-order valence-electron chi connectivity index (χ0n) is 10.4. The second-order valence-corrected chi connectivity index (χ2v) is 7.44. The van der Waals surface area contributed by atoms with Crippen LogP contribution in [0.2, 0.25) is 0 Å². The second-order valence-electron chi connectivity index (χ2n) is 4.53. The van der Waals surface area contributed by atoms with Crippen LogP contribution in [0.3, 0.4) is 0 Å². The van der Waals surface area contributed by atoms with E-state index in [2.05, 4.69) is 0 Å². The number of nitro groups is 1. The van der Waals surface area contributed by atoms with Crippen LogP contribution in [0.25, 0.3) is 0 Å². The van der Waals surface area contributed by atoms with Crippen molar-refractivity contribution in [3.05, 3.63) is 33.9 Å². The molecule has 0 saturated carbocycles. The van der Waals surface area contributed by atoms with Crippen LogP contribution in [0.5, 0.6) is 0 Å². The Bertz CT molecular complexity index is 688. The van der Waals surface area contributed by atoms with Gasteiger partial charge < -0.3 is 4.90 Å². The van der Waals surface area contributed by atoms with Gasteiger partial charge in [-0.05, 0) is 12.5 Å². The zero-order valence-corrected chi connectivity index (χ0v) is 12.0. The summed E-state index contributed by atoms with van der Waals surface area (Å²) in [7, 11) is 1.42. The van der Waals surface area contributed by atoms with Gasteiger partial charge in [-0.3, -0.25) is 14.9 Å². The van der Waals surface area contributed by atoms with Gasteiger partial charge in [-0.15, -0.1) is 0 Å². The highest BCUT2D eigenvalue weighted by Gasteiger charge is 2.38. The van der Waals surface area contributed by atoms with Crippen LogP contribution in [-0.2, 0) is 13.8 Å². The molecule has 0 aromatic heterocycles. The van der Waals surface area contributed by atoms with Crippen molar-refractivity contribution in [3.8, 4) is 0 Å². The molecule has 9 heteroatoms. The van der Waals surface area contributed by atoms with Gasteiger partial charge in [-0.1, -0.05) is 6.07 Å². The number of rotatable bonds is 3. The van der Waals surface area contributed by atoms with Crippen LogP contribution in [0.1, 0.15) is 12.0 Å². The van der Waals surface area contributed by atoms with Gasteiger partial charge in [-0.25, -0.2) is 8.42 Å². The van der Waals surface area contributed by atoms with Crippen LogP contribution < -0.4 is 4.90 Å². The maximum Gasteiger partial charge on any atom is 0.271 e. The summed E-state index contributed by atoms with van der Waals surface area (Å²) in [5.41, 5.74) is 0.833. The first-order valence-electron chi connectivity index (χ1n) is 5.69. The van der Waals surface area contributed by atoms with Crippen molar-refractivity contribution in [1.29, 1.82) is 0 Å². The van der Waals surface area contributed by atoms with Gasteiger partial charge in [0.2, 0.25) is 15.0 Å². The lowest BCUT2D eigenvalue weighted by molar-refractivity contribution is -0.384. The predicted molar refractivity (Wildman–Crippen MR) is 73.4 cm³/mol. The Morgan fingerprint density at radius 3 is 2.60 bits per heavy atom. The number of benzene rings is 1. The second kappa shape index (κ2) is 5.02. The lowest BCUT2D eigenvalue weighted by atomic mass is 10.1. The molecule has 1 heterocycles. The van der Waals surface area contributed by atoms with E-state index >= 15 is 0 Å². The standard InChI is InChI=1S/C11H11ClN2O5S/c1-7-2-3-8(14(16)17)4-10(7)13-6-9(5-11(13)15)20(12,18)19/h2-4,9H,5-6H2,1H3. The van der Waals surface area contributed by atoms with Crippen molar-refractivity contribution in [1.82, 2.24) is 0 Å². The largest absolute Gasteiger partial charge is 0.310 e. The summed E-state index contributed by atoms with van der Waals surface area (Å²) in [4.78, 5) is 23.3. The number of non-ortho nitro benzene ring substituents is 1. The highest BCUT2D eigenvalue weighted by Crippen LogP contribution is 2.31. The Kier molecular flexibility index (Phi) is 3.70. The number of anilines is 1. The molecule has 1 unspecified atom stereocenters. The maximum atomic E-state index is 11.9. The van der Waals surface area contributed by atoms with Crippen molar-refractivity contribution < 1.29 is 18.1 Å². The van der Waals surface area contributed by atoms with E-state index in [1.165, 1.54) is 23.1 Å². The number of hydrogen-bond acceptors (Lipinski definition) is 5. The van der Waals surface area contributed by atoms with Gasteiger partial charge in [0.1, 0.15) is 5.25 Å². The molecule has 1 aromatic rings. The van der Waals surface area contributed by atoms with Crippen molar-refractivity contribution >= 4 is 37.0 Å². The third-order valence-corrected chi connectivity index (χ3v) is 5.05. The van der Waals surface area contributed by atoms with Crippen molar-refractivity contribution in [2.24, 2.45) is 0 Å². The number of hydrogen-bond donors (Lipinski definition) is 0. The van der Waals surface area contributed by atoms with Crippen LogP contribution in [0.15, 0.2) is 18.2 Å². The van der Waals surface area contributed by atoms with Gasteiger partial charge >= 0.3 is 0 Å². The highest BCUT2D eigenvalue weighted by molar-refractivity contribution is 8.14. The molecule has 20 heavy (non-hydrogen) atoms. The van der Waals surface area contributed by atoms with Crippen LogP contribution in [-0.4, -0.2) is 31.0 Å². The van der Waals surface area contributed by atoms with E-state index in [9.17, 15) is 23.3 Å². The normalized spacial score (nSPS) is 19.4. The molecule has 108 valence electrons. The van der Waals surface area contributed by atoms with Gasteiger partial charge in [0.15, 0.2) is 0 Å². The van der Waals surface area contributed by atoms with E-state index in [1.54, 1.807) is 6.92 Å². The molecular formula is C11H11ClN2O5S. The minimum absolute atomic E-state index is 0.0906. The molecule has 1 aliphatic rings. The summed E-state index contributed by atoms with van der Waals surface area (Å²) in [6.45, 7) is 1.60. The fourth-order valence-electron chi connectivity index (χ4n) is 2.10. The number of carbonyl (C=O) groups is 1. The first-order valence-corrected chi connectivity index (χ1v) is 8.06. The Balaban J connectivity index is 2.40. The average Bonchev–Trinajstić information content (AvgIpc) is 2.71. The quantitative estimate of drug-likeness (QED) is 0.478. The molecule has 1 aromatic carbocycles. The molecule has 0 spiro atoms. The van der Waals surface area contributed by atoms with Crippen LogP contribution >= 0.6 is 10.7 Å². The first kappa shape index (κ1) is 14.7. The molecule has 1 amide bonds. The van der Waals surface area contributed by atoms with E-state index in [0.29, 0.717) is 11.3 Å². The Labute approximate surface area is 119 Å². The average molecular weight is 319 g/mol. The smallest absolute Gasteiger partial charge is 0.271 e. The maximum absolute atomic E-state index is 11.9. The Hall–Kier alpha value is -1.67. The molecule has 1 fully saturated rings. The minimum Gasteiger partial charge on any atom is -0.310 e. The summed E-state index contributed by atoms with van der Waals surface area (Å²) in [5.74, 6) is -0.414. The van der Waals surface area contributed by atoms with E-state index in [1.807, 2.05) is 0 Å². The monoisotopic (exact) mass is 318 g/mol. The van der Waals surface area contributed by atoms with E-state index in [-0.39, 0.29) is 18.7 Å². The molecule has 2 rings (SSSR count). The Morgan fingerprint density at radius 2 is 2.10 bits per heavy atom. The number of nitro benzene ring substituents is 1. The van der Waals surface area contributed by atoms with Crippen molar-refractivity contribution in [2.75, 3.05) is 11.4 Å². The fourth-order valence-corrected chi connectivity index (χ4v) is 3.13. The molecule has 0 N–H and O–H groups in total. The third-order valence-electron chi connectivity index (χ3n) is 3.18. The molecule has 0 radical (unpaired) electrons. The van der Waals surface area contributed by atoms with Gasteiger partial charge in [-0.2, -0.15) is 0 Å². The molecule has 1 atom stereocenters. The molecule has 7 nitrogen and oxygen atoms in total. The van der Waals surface area contributed by atoms with Crippen molar-refractivity contribution in [2.45, 2.75) is 18.6 Å². The predicted octanol–water partition coefficient (Wildman–Crippen LogP) is 1.58. The summed E-state index contributed by atoms with van der Waals surface area (Å²) in [6.07, 6.45) is -0.214. The lowest BCUT2D eigenvalue weighted by Gasteiger charge is -2.18. The van der Waals surface area contributed by atoms with Gasteiger partial charge in [0.05, 0.1) is 10.6 Å². The molecular weight excluding hydrogens is 308 g/mol. The number of amides is 1. The highest BCUT2D eigenvalue weighted by atomic mass is 35.7. The van der Waals surface area contributed by atoms with E-state index in [0.717, 1.165) is 0 Å². The summed E-state index contributed by atoms with van der Waals surface area (Å²) >= 11 is 0. The summed E-state index contributed by atoms with van der Waals surface area (Å²) in [6, 6.07) is 4.11. The number of nitrogens with zero attached hydrogens (tertiary/aromatic N) is 2. The summed E-state index contributed by atoms with van der Waals surface area (Å²) in [5, 5.41) is 9.78. The topological polar surface area (TPSA) is 97.6 Å². The zero-order chi connectivity index (χ0) is 15.1. The number of carbonyl (C=O) groups excluding carboxylic acids is 1.